The molecule has 2 aromatic rings. The van der Waals surface area contributed by atoms with Gasteiger partial charge in [0.25, 0.3) is 0 Å². The van der Waals surface area contributed by atoms with Crippen LogP contribution in [0.5, 0.6) is 5.75 Å². The maximum Gasteiger partial charge on any atom is 0.244 e. The Labute approximate surface area is 181 Å². The van der Waals surface area contributed by atoms with Gasteiger partial charge in [0.1, 0.15) is 12.3 Å². The van der Waals surface area contributed by atoms with Crippen LogP contribution in [-0.2, 0) is 20.9 Å². The first-order valence-corrected chi connectivity index (χ1v) is 10.8. The smallest absolute Gasteiger partial charge is 0.244 e. The molecule has 1 saturated carbocycles. The summed E-state index contributed by atoms with van der Waals surface area (Å²) < 4.78 is 6.11. The minimum atomic E-state index is -0.248. The highest BCUT2D eigenvalue weighted by molar-refractivity contribution is 6.10. The Morgan fingerprint density at radius 2 is 1.77 bits per heavy atom. The van der Waals surface area contributed by atoms with Gasteiger partial charge in [0.15, 0.2) is 0 Å². The lowest BCUT2D eigenvalue weighted by atomic mass is 10.1. The highest BCUT2D eigenvalue weighted by atomic mass is 16.5. The Kier molecular flexibility index (Phi) is 6.50. The summed E-state index contributed by atoms with van der Waals surface area (Å²) in [5.41, 5.74) is 2.19. The summed E-state index contributed by atoms with van der Waals surface area (Å²) in [6.45, 7) is 0.314. The fraction of sp³-hybridized carbons (Fsp3) is 0.375. The first-order valence-electron chi connectivity index (χ1n) is 10.8. The first-order chi connectivity index (χ1) is 15.1. The van der Waals surface area contributed by atoms with Crippen molar-refractivity contribution < 1.29 is 19.1 Å². The molecule has 0 atom stereocenters. The molecule has 7 heteroatoms. The molecule has 0 saturated heterocycles. The average Bonchev–Trinajstić information content (AvgIpc) is 3.29. The fourth-order valence-corrected chi connectivity index (χ4v) is 4.04. The molecule has 0 aromatic heterocycles. The van der Waals surface area contributed by atoms with Gasteiger partial charge in [-0.3, -0.25) is 14.4 Å². The monoisotopic (exact) mass is 421 g/mol. The van der Waals surface area contributed by atoms with E-state index in [-0.39, 0.29) is 43.2 Å². The molecule has 2 N–H and O–H groups in total. The van der Waals surface area contributed by atoms with Crippen molar-refractivity contribution in [1.82, 2.24) is 5.32 Å². The number of carbonyl (C=O) groups excluding carboxylic acids is 3. The topological polar surface area (TPSA) is 87.7 Å². The fourth-order valence-electron chi connectivity index (χ4n) is 4.04. The van der Waals surface area contributed by atoms with Gasteiger partial charge in [-0.15, -0.1) is 0 Å². The molecule has 0 spiro atoms. The van der Waals surface area contributed by atoms with E-state index >= 15 is 0 Å². The summed E-state index contributed by atoms with van der Waals surface area (Å²) in [6.07, 6.45) is 4.88. The van der Waals surface area contributed by atoms with Gasteiger partial charge in [0.2, 0.25) is 17.7 Å². The molecule has 0 unspecified atom stereocenters. The predicted molar refractivity (Wildman–Crippen MR) is 118 cm³/mol. The Morgan fingerprint density at radius 3 is 2.61 bits per heavy atom. The summed E-state index contributed by atoms with van der Waals surface area (Å²) in [7, 11) is 0. The van der Waals surface area contributed by atoms with E-state index in [9.17, 15) is 14.4 Å². The zero-order valence-electron chi connectivity index (χ0n) is 17.4. The Hall–Kier alpha value is -3.35. The molecule has 1 fully saturated rings. The predicted octanol–water partition coefficient (Wildman–Crippen LogP) is 3.39. The van der Waals surface area contributed by atoms with E-state index in [1.807, 2.05) is 30.3 Å². The van der Waals surface area contributed by atoms with Crippen molar-refractivity contribution in [3.8, 4) is 5.75 Å². The van der Waals surface area contributed by atoms with E-state index in [2.05, 4.69) is 10.6 Å². The van der Waals surface area contributed by atoms with Crippen LogP contribution in [0.4, 0.5) is 11.4 Å². The third-order valence-corrected chi connectivity index (χ3v) is 5.68. The molecule has 0 radical (unpaired) electrons. The van der Waals surface area contributed by atoms with Crippen molar-refractivity contribution in [2.24, 2.45) is 0 Å². The summed E-state index contributed by atoms with van der Waals surface area (Å²) in [5, 5.41) is 5.64. The van der Waals surface area contributed by atoms with Crippen molar-refractivity contribution in [2.75, 3.05) is 16.8 Å². The second-order valence-electron chi connectivity index (χ2n) is 7.95. The largest absolute Gasteiger partial charge is 0.490 e. The molecule has 31 heavy (non-hydrogen) atoms. The number of hydrogen-bond acceptors (Lipinski definition) is 4. The first kappa shape index (κ1) is 20.9. The van der Waals surface area contributed by atoms with Gasteiger partial charge in [0.05, 0.1) is 17.5 Å². The van der Waals surface area contributed by atoms with Gasteiger partial charge in [-0.2, -0.15) is 0 Å². The highest BCUT2D eigenvalue weighted by Gasteiger charge is 2.26. The van der Waals surface area contributed by atoms with Crippen LogP contribution in [0.25, 0.3) is 0 Å². The lowest BCUT2D eigenvalue weighted by Crippen LogP contribution is -2.42. The number of hydrogen-bond donors (Lipinski definition) is 2. The average molecular weight is 421 g/mol. The molecule has 1 heterocycles. The van der Waals surface area contributed by atoms with E-state index in [1.165, 1.54) is 17.7 Å². The summed E-state index contributed by atoms with van der Waals surface area (Å²) in [4.78, 5) is 38.4. The molecule has 162 valence electrons. The van der Waals surface area contributed by atoms with Gasteiger partial charge in [0, 0.05) is 24.9 Å². The summed E-state index contributed by atoms with van der Waals surface area (Å²) >= 11 is 0. The normalized spacial score (nSPS) is 15.9. The Morgan fingerprint density at radius 1 is 1.03 bits per heavy atom. The van der Waals surface area contributed by atoms with Gasteiger partial charge in [-0.1, -0.05) is 30.3 Å². The number of nitrogens with zero attached hydrogens (tertiary/aromatic N) is 1. The van der Waals surface area contributed by atoms with Crippen molar-refractivity contribution >= 4 is 29.1 Å². The lowest BCUT2D eigenvalue weighted by Gasteiger charge is -2.29. The van der Waals surface area contributed by atoms with Gasteiger partial charge in [-0.25, -0.2) is 0 Å². The van der Waals surface area contributed by atoms with Crippen LogP contribution in [-0.4, -0.2) is 30.4 Å². The standard InChI is InChI=1S/C24H27N3O4/c28-22(25-15-17-7-1-6-12-21(17)31-18-8-2-3-9-18)13-14-24(30)27-16-23(29)26-19-10-4-5-11-20(19)27/h1,4-7,10-12,18H,2-3,8-9,13-16H2,(H,25,28)(H,26,29). The third kappa shape index (κ3) is 5.23. The molecule has 3 amide bonds. The summed E-state index contributed by atoms with van der Waals surface area (Å²) in [6, 6.07) is 14.9. The number of carbonyl (C=O) groups is 3. The van der Waals surface area contributed by atoms with Crippen LogP contribution >= 0.6 is 0 Å². The van der Waals surface area contributed by atoms with E-state index in [4.69, 9.17) is 4.74 Å². The van der Waals surface area contributed by atoms with E-state index in [0.29, 0.717) is 17.9 Å². The van der Waals surface area contributed by atoms with Gasteiger partial charge in [-0.05, 0) is 43.9 Å². The van der Waals surface area contributed by atoms with Crippen LogP contribution < -0.4 is 20.3 Å². The second-order valence-corrected chi connectivity index (χ2v) is 7.95. The maximum atomic E-state index is 12.7. The number of anilines is 2. The zero-order chi connectivity index (χ0) is 21.6. The molecule has 2 aromatic carbocycles. The highest BCUT2D eigenvalue weighted by Crippen LogP contribution is 2.29. The third-order valence-electron chi connectivity index (χ3n) is 5.68. The quantitative estimate of drug-likeness (QED) is 0.717. The van der Waals surface area contributed by atoms with Crippen LogP contribution in [0.15, 0.2) is 48.5 Å². The van der Waals surface area contributed by atoms with Crippen LogP contribution in [0.3, 0.4) is 0 Å². The maximum absolute atomic E-state index is 12.7. The molecule has 2 aliphatic rings. The van der Waals surface area contributed by atoms with Crippen LogP contribution in [0.2, 0.25) is 0 Å². The number of ether oxygens (including phenoxy) is 1. The number of fused-ring (bicyclic) bond motifs is 1. The van der Waals surface area contributed by atoms with E-state index in [0.717, 1.165) is 24.2 Å². The Bertz CT molecular complexity index is 969. The number of para-hydroxylation sites is 3. The molecular weight excluding hydrogens is 394 g/mol. The van der Waals surface area contributed by atoms with Crippen LogP contribution in [0, 0.1) is 0 Å². The number of amides is 3. The molecule has 1 aliphatic carbocycles. The number of nitrogens with one attached hydrogen (secondary N) is 2. The van der Waals surface area contributed by atoms with Gasteiger partial charge >= 0.3 is 0 Å². The van der Waals surface area contributed by atoms with E-state index in [1.54, 1.807) is 18.2 Å². The minimum Gasteiger partial charge on any atom is -0.490 e. The van der Waals surface area contributed by atoms with Crippen molar-refractivity contribution in [2.45, 2.75) is 51.2 Å². The molecule has 7 nitrogen and oxygen atoms in total. The summed E-state index contributed by atoms with van der Waals surface area (Å²) in [5.74, 6) is 0.110. The van der Waals surface area contributed by atoms with Gasteiger partial charge < -0.3 is 20.3 Å². The number of benzene rings is 2. The molecular formula is C24H27N3O4. The molecule has 1 aliphatic heterocycles. The second kappa shape index (κ2) is 9.64. The van der Waals surface area contributed by atoms with Crippen molar-refractivity contribution in [3.05, 3.63) is 54.1 Å². The lowest BCUT2D eigenvalue weighted by molar-refractivity contribution is -0.125. The number of rotatable bonds is 7. The Balaban J connectivity index is 1.29. The minimum absolute atomic E-state index is 0.0354. The van der Waals surface area contributed by atoms with Crippen molar-refractivity contribution in [1.29, 1.82) is 0 Å². The zero-order valence-corrected chi connectivity index (χ0v) is 17.4. The molecule has 0 bridgehead atoms. The van der Waals surface area contributed by atoms with Crippen LogP contribution in [0.1, 0.15) is 44.1 Å². The van der Waals surface area contributed by atoms with Crippen molar-refractivity contribution in [3.63, 3.8) is 0 Å². The molecule has 4 rings (SSSR count). The van der Waals surface area contributed by atoms with E-state index < -0.39 is 0 Å². The SMILES string of the molecule is O=C(CCC(=O)N1CC(=O)Nc2ccccc21)NCc1ccccc1OC1CCCC1.